The molecule has 0 aliphatic rings. The summed E-state index contributed by atoms with van der Waals surface area (Å²) >= 11 is 0. The van der Waals surface area contributed by atoms with Gasteiger partial charge in [0, 0.05) is 19.3 Å². The molecule has 0 aromatic heterocycles. The third-order valence-corrected chi connectivity index (χ3v) is 3.89. The molecule has 0 saturated heterocycles. The molecule has 0 aliphatic heterocycles. The van der Waals surface area contributed by atoms with Crippen molar-refractivity contribution in [2.45, 2.75) is 38.5 Å². The van der Waals surface area contributed by atoms with E-state index in [9.17, 15) is 14.4 Å². The van der Waals surface area contributed by atoms with Crippen molar-refractivity contribution in [2.24, 2.45) is 0 Å². The van der Waals surface area contributed by atoms with E-state index in [1.54, 1.807) is 12.1 Å². The number of aryl methyl sites for hydroxylation is 1. The van der Waals surface area contributed by atoms with E-state index < -0.39 is 17.9 Å². The number of hydrogen-bond acceptors (Lipinski definition) is 3. The Morgan fingerprint density at radius 1 is 0.773 bits per heavy atom. The predicted octanol–water partition coefficient (Wildman–Crippen LogP) is 1.24. The second kappa shape index (κ2) is 8.49. The summed E-state index contributed by atoms with van der Waals surface area (Å²) in [5.74, 6) is -2.79. The Kier molecular flexibility index (Phi) is 6.99. The van der Waals surface area contributed by atoms with E-state index in [-0.39, 0.29) is 25.7 Å². The molecule has 0 bridgehead atoms. The average molecular weight is 326 g/mol. The maximum Gasteiger partial charge on any atom is 0.303 e. The highest BCUT2D eigenvalue weighted by atomic mass is 31.0. The summed E-state index contributed by atoms with van der Waals surface area (Å²) in [6.45, 7) is 0. The van der Waals surface area contributed by atoms with E-state index in [0.717, 1.165) is 22.0 Å². The minimum absolute atomic E-state index is 0.0470. The molecule has 22 heavy (non-hydrogen) atoms. The standard InChI is InChI=1S/C15H19O6P/c16-13(17)6-2-9-1-5-12(22)11(4-8-15(20)21)10(9)3-7-14(18)19/h1,5H,2-4,6-8,22H2,(H,16,17)(H,18,19)(H,20,21). The van der Waals surface area contributed by atoms with Gasteiger partial charge < -0.3 is 15.3 Å². The third kappa shape index (κ3) is 5.82. The van der Waals surface area contributed by atoms with Gasteiger partial charge in [0.05, 0.1) is 0 Å². The number of carboxylic acids is 3. The van der Waals surface area contributed by atoms with Gasteiger partial charge in [0.25, 0.3) is 0 Å². The first kappa shape index (κ1) is 18.1. The molecular weight excluding hydrogens is 307 g/mol. The predicted molar refractivity (Wildman–Crippen MR) is 83.7 cm³/mol. The molecule has 3 N–H and O–H groups in total. The van der Waals surface area contributed by atoms with E-state index in [1.165, 1.54) is 0 Å². The quantitative estimate of drug-likeness (QED) is 0.589. The lowest BCUT2D eigenvalue weighted by atomic mass is 9.92. The second-order valence-corrected chi connectivity index (χ2v) is 5.57. The van der Waals surface area contributed by atoms with E-state index in [0.29, 0.717) is 12.8 Å². The molecule has 1 unspecified atom stereocenters. The van der Waals surface area contributed by atoms with Gasteiger partial charge in [-0.15, -0.1) is 9.24 Å². The highest BCUT2D eigenvalue weighted by molar-refractivity contribution is 7.27. The minimum atomic E-state index is -0.942. The van der Waals surface area contributed by atoms with Crippen LogP contribution in [0.5, 0.6) is 0 Å². The van der Waals surface area contributed by atoms with E-state index in [2.05, 4.69) is 9.24 Å². The highest BCUT2D eigenvalue weighted by Crippen LogP contribution is 2.21. The maximum atomic E-state index is 10.8. The van der Waals surface area contributed by atoms with Gasteiger partial charge in [0.1, 0.15) is 0 Å². The van der Waals surface area contributed by atoms with Crippen LogP contribution in [0.4, 0.5) is 0 Å². The molecule has 120 valence electrons. The van der Waals surface area contributed by atoms with Gasteiger partial charge in [-0.05, 0) is 41.3 Å². The van der Waals surface area contributed by atoms with Crippen LogP contribution in [0, 0.1) is 0 Å². The Bertz CT molecular complexity index is 582. The number of carbonyl (C=O) groups is 3. The number of aliphatic carboxylic acids is 3. The van der Waals surface area contributed by atoms with E-state index in [4.69, 9.17) is 15.3 Å². The van der Waals surface area contributed by atoms with Crippen molar-refractivity contribution in [1.82, 2.24) is 0 Å². The van der Waals surface area contributed by atoms with Crippen LogP contribution >= 0.6 is 9.24 Å². The van der Waals surface area contributed by atoms with Crippen LogP contribution in [0.1, 0.15) is 36.0 Å². The van der Waals surface area contributed by atoms with Crippen LogP contribution in [-0.2, 0) is 33.6 Å². The van der Waals surface area contributed by atoms with Gasteiger partial charge in [-0.2, -0.15) is 0 Å². The van der Waals surface area contributed by atoms with Crippen LogP contribution in [0.25, 0.3) is 0 Å². The van der Waals surface area contributed by atoms with Crippen molar-refractivity contribution in [3.63, 3.8) is 0 Å². The summed E-state index contributed by atoms with van der Waals surface area (Å²) in [5.41, 5.74) is 2.32. The molecule has 0 heterocycles. The fourth-order valence-electron chi connectivity index (χ4n) is 2.31. The van der Waals surface area contributed by atoms with Crippen molar-refractivity contribution >= 4 is 32.5 Å². The van der Waals surface area contributed by atoms with Crippen LogP contribution in [0.2, 0.25) is 0 Å². The number of benzene rings is 1. The molecule has 1 aromatic rings. The zero-order valence-electron chi connectivity index (χ0n) is 12.0. The van der Waals surface area contributed by atoms with Crippen LogP contribution in [0.15, 0.2) is 12.1 Å². The van der Waals surface area contributed by atoms with E-state index >= 15 is 0 Å². The molecular formula is C15H19O6P. The fourth-order valence-corrected chi connectivity index (χ4v) is 2.72. The largest absolute Gasteiger partial charge is 0.481 e. The minimum Gasteiger partial charge on any atom is -0.481 e. The Morgan fingerprint density at radius 3 is 1.73 bits per heavy atom. The topological polar surface area (TPSA) is 112 Å². The smallest absolute Gasteiger partial charge is 0.303 e. The first-order valence-corrected chi connectivity index (χ1v) is 7.43. The molecule has 0 spiro atoms. The summed E-state index contributed by atoms with van der Waals surface area (Å²) in [7, 11) is 2.52. The maximum absolute atomic E-state index is 10.8. The van der Waals surface area contributed by atoms with Gasteiger partial charge in [0.2, 0.25) is 0 Å². The summed E-state index contributed by atoms with van der Waals surface area (Å²) < 4.78 is 0. The lowest BCUT2D eigenvalue weighted by molar-refractivity contribution is -0.138. The van der Waals surface area contributed by atoms with E-state index in [1.807, 2.05) is 0 Å². The molecule has 1 aromatic carbocycles. The van der Waals surface area contributed by atoms with Crippen molar-refractivity contribution in [3.05, 3.63) is 28.8 Å². The van der Waals surface area contributed by atoms with Gasteiger partial charge in [-0.25, -0.2) is 0 Å². The fraction of sp³-hybridized carbons (Fsp3) is 0.400. The Morgan fingerprint density at radius 2 is 1.23 bits per heavy atom. The van der Waals surface area contributed by atoms with Gasteiger partial charge >= 0.3 is 17.9 Å². The Balaban J connectivity index is 3.12. The lowest BCUT2D eigenvalue weighted by Crippen LogP contribution is -2.14. The molecule has 6 nitrogen and oxygen atoms in total. The molecule has 7 heteroatoms. The number of rotatable bonds is 9. The van der Waals surface area contributed by atoms with Gasteiger partial charge in [-0.1, -0.05) is 12.1 Å². The molecule has 0 amide bonds. The molecule has 0 saturated carbocycles. The second-order valence-electron chi connectivity index (χ2n) is 4.95. The zero-order chi connectivity index (χ0) is 16.7. The summed E-state index contributed by atoms with van der Waals surface area (Å²) in [6.07, 6.45) is 0.688. The van der Waals surface area contributed by atoms with Gasteiger partial charge in [0.15, 0.2) is 0 Å². The van der Waals surface area contributed by atoms with Crippen molar-refractivity contribution in [1.29, 1.82) is 0 Å². The SMILES string of the molecule is O=C(O)CCc1ccc(P)c(CCC(=O)O)c1CCC(=O)O. The van der Waals surface area contributed by atoms with Crippen molar-refractivity contribution in [2.75, 3.05) is 0 Å². The first-order valence-electron chi connectivity index (χ1n) is 6.85. The normalized spacial score (nSPS) is 10.4. The molecule has 1 atom stereocenters. The monoisotopic (exact) mass is 326 g/mol. The van der Waals surface area contributed by atoms with Crippen LogP contribution in [0.3, 0.4) is 0 Å². The zero-order valence-corrected chi connectivity index (χ0v) is 13.2. The van der Waals surface area contributed by atoms with Gasteiger partial charge in [-0.3, -0.25) is 14.4 Å². The van der Waals surface area contributed by atoms with Crippen LogP contribution in [-0.4, -0.2) is 33.2 Å². The average Bonchev–Trinajstić information content (AvgIpc) is 2.42. The lowest BCUT2D eigenvalue weighted by Gasteiger charge is -2.16. The molecule has 0 radical (unpaired) electrons. The molecule has 0 fully saturated rings. The first-order chi connectivity index (χ1) is 10.3. The third-order valence-electron chi connectivity index (χ3n) is 3.35. The Labute approximate surface area is 130 Å². The number of carboxylic acid groups (broad SMARTS) is 3. The summed E-state index contributed by atoms with van der Waals surface area (Å²) in [5, 5.41) is 27.3. The summed E-state index contributed by atoms with van der Waals surface area (Å²) in [6, 6.07) is 3.58. The summed E-state index contributed by atoms with van der Waals surface area (Å²) in [4.78, 5) is 32.3. The van der Waals surface area contributed by atoms with Crippen LogP contribution < -0.4 is 5.30 Å². The van der Waals surface area contributed by atoms with Crippen molar-refractivity contribution in [3.8, 4) is 0 Å². The number of hydrogen-bond donors (Lipinski definition) is 3. The van der Waals surface area contributed by atoms with Crippen molar-refractivity contribution < 1.29 is 29.7 Å². The molecule has 0 aliphatic carbocycles. The highest BCUT2D eigenvalue weighted by Gasteiger charge is 2.15. The Hall–Kier alpha value is -1.94. The molecule has 1 rings (SSSR count).